The van der Waals surface area contributed by atoms with Crippen LogP contribution in [0.1, 0.15) is 37.6 Å². The maximum atomic E-state index is 12.6. The van der Waals surface area contributed by atoms with Crippen molar-refractivity contribution in [2.45, 2.75) is 50.3 Å². The van der Waals surface area contributed by atoms with Crippen LogP contribution in [-0.4, -0.2) is 61.6 Å². The van der Waals surface area contributed by atoms with Crippen molar-refractivity contribution in [3.63, 3.8) is 0 Å². The topological polar surface area (TPSA) is 113 Å². The number of ether oxygens (including phenoxy) is 1. The first kappa shape index (κ1) is 20.3. The molecule has 2 rings (SSSR count). The largest absolute Gasteiger partial charge is 0.479 e. The predicted octanol–water partition coefficient (Wildman–Crippen LogP) is 1.08. The Morgan fingerprint density at radius 2 is 1.92 bits per heavy atom. The second-order valence-corrected chi connectivity index (χ2v) is 8.15. The van der Waals surface area contributed by atoms with Gasteiger partial charge in [-0.3, -0.25) is 4.79 Å². The molecule has 2 N–H and O–H groups in total. The molecule has 2 unspecified atom stereocenters. The number of hydrogen-bond acceptors (Lipinski definition) is 5. The second-order valence-electron chi connectivity index (χ2n) is 6.44. The van der Waals surface area contributed by atoms with Crippen LogP contribution in [0.25, 0.3) is 0 Å². The minimum Gasteiger partial charge on any atom is -0.479 e. The number of carboxylic acids is 1. The number of carbonyl (C=O) groups excluding carboxylic acids is 1. The van der Waals surface area contributed by atoms with Crippen LogP contribution in [0.5, 0.6) is 0 Å². The van der Waals surface area contributed by atoms with Crippen molar-refractivity contribution in [3.8, 4) is 0 Å². The highest BCUT2D eigenvalue weighted by Gasteiger charge is 2.33. The monoisotopic (exact) mass is 384 g/mol. The van der Waals surface area contributed by atoms with Crippen LogP contribution >= 0.6 is 0 Å². The van der Waals surface area contributed by atoms with Gasteiger partial charge in [0.05, 0.1) is 17.5 Å². The average molecular weight is 384 g/mol. The van der Waals surface area contributed by atoms with Crippen molar-refractivity contribution in [2.24, 2.45) is 0 Å². The van der Waals surface area contributed by atoms with Crippen molar-refractivity contribution in [1.29, 1.82) is 0 Å². The fraction of sp³-hybridized carbons (Fsp3) is 0.529. The quantitative estimate of drug-likeness (QED) is 0.759. The number of nitrogens with one attached hydrogen (secondary N) is 1. The van der Waals surface area contributed by atoms with E-state index in [1.807, 2.05) is 6.92 Å². The van der Waals surface area contributed by atoms with Crippen LogP contribution in [0, 0.1) is 0 Å². The highest BCUT2D eigenvalue weighted by atomic mass is 32.2. The van der Waals surface area contributed by atoms with E-state index >= 15 is 0 Å². The standard InChI is InChI=1S/C17H24N2O6S/c1-4-11(2)18-26(23,24)14-7-5-13(6-8-14)16(20)19-9-12(3)25-15(10-19)17(21)22/h5-8,11-12,15,18H,4,9-10H2,1-3H3,(H,21,22)/t11?,12-,15?/m1/s1. The minimum atomic E-state index is -3.64. The van der Waals surface area contributed by atoms with Crippen LogP contribution in [0.2, 0.25) is 0 Å². The van der Waals surface area contributed by atoms with Crippen LogP contribution in [-0.2, 0) is 19.6 Å². The van der Waals surface area contributed by atoms with E-state index in [1.165, 1.54) is 29.2 Å². The van der Waals surface area contributed by atoms with Crippen LogP contribution in [0.3, 0.4) is 0 Å². The summed E-state index contributed by atoms with van der Waals surface area (Å²) >= 11 is 0. The summed E-state index contributed by atoms with van der Waals surface area (Å²) in [5.74, 6) is -1.47. The fourth-order valence-corrected chi connectivity index (χ4v) is 3.96. The first-order chi connectivity index (χ1) is 12.1. The Balaban J connectivity index is 2.14. The third-order valence-electron chi connectivity index (χ3n) is 4.20. The Kier molecular flexibility index (Phi) is 6.38. The van der Waals surface area contributed by atoms with Gasteiger partial charge >= 0.3 is 5.97 Å². The van der Waals surface area contributed by atoms with Gasteiger partial charge in [-0.05, 0) is 44.5 Å². The van der Waals surface area contributed by atoms with Crippen LogP contribution in [0.4, 0.5) is 0 Å². The predicted molar refractivity (Wildman–Crippen MR) is 94.4 cm³/mol. The molecule has 144 valence electrons. The smallest absolute Gasteiger partial charge is 0.334 e. The molecule has 0 aliphatic carbocycles. The van der Waals surface area contributed by atoms with Crippen molar-refractivity contribution in [3.05, 3.63) is 29.8 Å². The van der Waals surface area contributed by atoms with E-state index < -0.39 is 28.2 Å². The number of nitrogens with zero attached hydrogens (tertiary/aromatic N) is 1. The number of aliphatic carboxylic acids is 1. The fourth-order valence-electron chi connectivity index (χ4n) is 2.63. The Hall–Kier alpha value is -1.97. The molecule has 1 aliphatic heterocycles. The molecular weight excluding hydrogens is 360 g/mol. The molecule has 0 spiro atoms. The summed E-state index contributed by atoms with van der Waals surface area (Å²) in [7, 11) is -3.64. The van der Waals surface area contributed by atoms with E-state index in [2.05, 4.69) is 4.72 Å². The summed E-state index contributed by atoms with van der Waals surface area (Å²) in [5.41, 5.74) is 0.297. The van der Waals surface area contributed by atoms with E-state index in [4.69, 9.17) is 9.84 Å². The lowest BCUT2D eigenvalue weighted by molar-refractivity contribution is -0.160. The maximum Gasteiger partial charge on any atom is 0.334 e. The lowest BCUT2D eigenvalue weighted by Gasteiger charge is -2.35. The lowest BCUT2D eigenvalue weighted by Crippen LogP contribution is -2.51. The lowest BCUT2D eigenvalue weighted by atomic mass is 10.1. The zero-order valence-corrected chi connectivity index (χ0v) is 15.8. The molecule has 1 aliphatic rings. The highest BCUT2D eigenvalue weighted by Crippen LogP contribution is 2.17. The Morgan fingerprint density at radius 1 is 1.31 bits per heavy atom. The van der Waals surface area contributed by atoms with Crippen molar-refractivity contribution >= 4 is 21.9 Å². The Morgan fingerprint density at radius 3 is 2.46 bits per heavy atom. The number of amides is 1. The van der Waals surface area contributed by atoms with E-state index in [0.717, 1.165) is 0 Å². The summed E-state index contributed by atoms with van der Waals surface area (Å²) in [6.07, 6.45) is -0.800. The van der Waals surface area contributed by atoms with E-state index in [-0.39, 0.29) is 29.9 Å². The molecule has 26 heavy (non-hydrogen) atoms. The van der Waals surface area contributed by atoms with Crippen LogP contribution < -0.4 is 4.72 Å². The summed E-state index contributed by atoms with van der Waals surface area (Å²) in [4.78, 5) is 25.2. The third kappa shape index (κ3) is 4.80. The first-order valence-electron chi connectivity index (χ1n) is 8.44. The zero-order chi connectivity index (χ0) is 19.5. The van der Waals surface area contributed by atoms with Gasteiger partial charge < -0.3 is 14.7 Å². The molecule has 1 saturated heterocycles. The van der Waals surface area contributed by atoms with Gasteiger partial charge in [0.1, 0.15) is 0 Å². The number of benzene rings is 1. The summed E-state index contributed by atoms with van der Waals surface area (Å²) in [6.45, 7) is 5.58. The zero-order valence-electron chi connectivity index (χ0n) is 15.0. The SMILES string of the molecule is CCC(C)NS(=O)(=O)c1ccc(C(=O)N2CC(C(=O)O)O[C@H](C)C2)cc1. The number of morpholine rings is 1. The van der Waals surface area contributed by atoms with E-state index in [0.29, 0.717) is 12.0 Å². The second kappa shape index (κ2) is 8.15. The molecule has 1 heterocycles. The number of hydrogen-bond donors (Lipinski definition) is 2. The molecule has 1 aromatic carbocycles. The molecule has 0 radical (unpaired) electrons. The number of sulfonamides is 1. The molecule has 9 heteroatoms. The van der Waals surface area contributed by atoms with Gasteiger partial charge in [0.2, 0.25) is 10.0 Å². The van der Waals surface area contributed by atoms with Crippen molar-refractivity contribution < 1.29 is 27.9 Å². The van der Waals surface area contributed by atoms with Gasteiger partial charge in [-0.1, -0.05) is 6.92 Å². The van der Waals surface area contributed by atoms with Gasteiger partial charge in [0, 0.05) is 18.2 Å². The van der Waals surface area contributed by atoms with Crippen molar-refractivity contribution in [2.75, 3.05) is 13.1 Å². The highest BCUT2D eigenvalue weighted by molar-refractivity contribution is 7.89. The number of rotatable bonds is 6. The normalized spacial score (nSPS) is 22.0. The molecular formula is C17H24N2O6S. The van der Waals surface area contributed by atoms with Gasteiger partial charge in [-0.25, -0.2) is 17.9 Å². The first-order valence-corrected chi connectivity index (χ1v) is 9.92. The summed E-state index contributed by atoms with van der Waals surface area (Å²) in [5, 5.41) is 9.11. The van der Waals surface area contributed by atoms with Gasteiger partial charge in [0.25, 0.3) is 5.91 Å². The molecule has 0 saturated carbocycles. The summed E-state index contributed by atoms with van der Waals surface area (Å²) in [6, 6.07) is 5.42. The van der Waals surface area contributed by atoms with Gasteiger partial charge in [0.15, 0.2) is 6.10 Å². The van der Waals surface area contributed by atoms with E-state index in [1.54, 1.807) is 13.8 Å². The molecule has 0 aromatic heterocycles. The molecule has 3 atom stereocenters. The molecule has 1 fully saturated rings. The molecule has 0 bridgehead atoms. The number of carboxylic acid groups (broad SMARTS) is 1. The summed E-state index contributed by atoms with van der Waals surface area (Å²) < 4.78 is 32.4. The molecule has 1 amide bonds. The van der Waals surface area contributed by atoms with Gasteiger partial charge in [-0.15, -0.1) is 0 Å². The maximum absolute atomic E-state index is 12.6. The van der Waals surface area contributed by atoms with Crippen LogP contribution in [0.15, 0.2) is 29.2 Å². The molecule has 1 aromatic rings. The average Bonchev–Trinajstić information content (AvgIpc) is 2.60. The van der Waals surface area contributed by atoms with Gasteiger partial charge in [-0.2, -0.15) is 0 Å². The van der Waals surface area contributed by atoms with Crippen molar-refractivity contribution in [1.82, 2.24) is 9.62 Å². The minimum absolute atomic E-state index is 0.0475. The Labute approximate surface area is 153 Å². The Bertz CT molecular complexity index is 762. The third-order valence-corrected chi connectivity index (χ3v) is 5.81. The number of carbonyl (C=O) groups is 2. The molecule has 8 nitrogen and oxygen atoms in total. The van der Waals surface area contributed by atoms with E-state index in [9.17, 15) is 18.0 Å².